The Balaban J connectivity index is 2.13. The molecule has 0 aliphatic heterocycles. The van der Waals surface area contributed by atoms with Crippen LogP contribution in [0.4, 0.5) is 0 Å². The van der Waals surface area contributed by atoms with E-state index in [4.69, 9.17) is 4.84 Å². The summed E-state index contributed by atoms with van der Waals surface area (Å²) in [6.45, 7) is 6.44. The van der Waals surface area contributed by atoms with Crippen LogP contribution in [0.2, 0.25) is 0 Å². The second-order valence-electron chi connectivity index (χ2n) is 4.29. The molecule has 0 N–H and O–H groups in total. The van der Waals surface area contributed by atoms with Gasteiger partial charge >= 0.3 is 0 Å². The fourth-order valence-corrected chi connectivity index (χ4v) is 1.93. The summed E-state index contributed by atoms with van der Waals surface area (Å²) in [4.78, 5) is 9.56. The molecule has 1 unspecified atom stereocenters. The highest BCUT2D eigenvalue weighted by Gasteiger charge is 2.16. The molecule has 1 aromatic carbocycles. The van der Waals surface area contributed by atoms with Gasteiger partial charge in [0.05, 0.1) is 12.6 Å². The van der Waals surface area contributed by atoms with Gasteiger partial charge in [-0.15, -0.1) is 5.06 Å². The van der Waals surface area contributed by atoms with Crippen LogP contribution in [0, 0.1) is 0 Å². The van der Waals surface area contributed by atoms with Crippen molar-refractivity contribution < 1.29 is 4.84 Å². The zero-order valence-corrected chi connectivity index (χ0v) is 11.1. The lowest BCUT2D eigenvalue weighted by Crippen LogP contribution is -2.25. The molecule has 0 saturated heterocycles. The molecule has 3 heteroatoms. The highest BCUT2D eigenvalue weighted by Crippen LogP contribution is 2.22. The van der Waals surface area contributed by atoms with Crippen LogP contribution < -0.4 is 0 Å². The van der Waals surface area contributed by atoms with Gasteiger partial charge in [0.1, 0.15) is 6.26 Å². The summed E-state index contributed by atoms with van der Waals surface area (Å²) in [6, 6.07) is 14.4. The zero-order chi connectivity index (χ0) is 13.5. The van der Waals surface area contributed by atoms with Gasteiger partial charge in [-0.05, 0) is 30.2 Å². The van der Waals surface area contributed by atoms with E-state index in [1.54, 1.807) is 12.4 Å². The predicted molar refractivity (Wildman–Crippen MR) is 75.9 cm³/mol. The van der Waals surface area contributed by atoms with Crippen molar-refractivity contribution >= 4 is 0 Å². The number of hydroxylamine groups is 2. The Morgan fingerprint density at radius 1 is 1.21 bits per heavy atom. The van der Waals surface area contributed by atoms with Gasteiger partial charge < -0.3 is 4.84 Å². The van der Waals surface area contributed by atoms with Crippen LogP contribution in [0.15, 0.2) is 67.7 Å². The Morgan fingerprint density at radius 2 is 1.89 bits per heavy atom. The van der Waals surface area contributed by atoms with Gasteiger partial charge in [0.15, 0.2) is 0 Å². The minimum absolute atomic E-state index is 0.146. The Hall–Kier alpha value is -2.13. The van der Waals surface area contributed by atoms with Crippen molar-refractivity contribution in [2.24, 2.45) is 0 Å². The summed E-state index contributed by atoms with van der Waals surface area (Å²) >= 11 is 0. The van der Waals surface area contributed by atoms with Crippen LogP contribution >= 0.6 is 0 Å². The van der Waals surface area contributed by atoms with Gasteiger partial charge in [0.2, 0.25) is 0 Å². The first-order chi connectivity index (χ1) is 9.31. The minimum atomic E-state index is 0.146. The SMILES string of the molecule is C=CON(Cc1ccncc1)C(C)c1ccccc1. The molecule has 98 valence electrons. The number of aromatic nitrogens is 1. The van der Waals surface area contributed by atoms with Gasteiger partial charge in [0.25, 0.3) is 0 Å². The van der Waals surface area contributed by atoms with Gasteiger partial charge in [0, 0.05) is 12.4 Å². The van der Waals surface area contributed by atoms with Crippen molar-refractivity contribution in [3.8, 4) is 0 Å². The van der Waals surface area contributed by atoms with E-state index < -0.39 is 0 Å². The van der Waals surface area contributed by atoms with Crippen molar-refractivity contribution in [1.29, 1.82) is 0 Å². The highest BCUT2D eigenvalue weighted by molar-refractivity contribution is 5.18. The molecule has 2 aromatic rings. The Kier molecular flexibility index (Phi) is 4.70. The van der Waals surface area contributed by atoms with E-state index >= 15 is 0 Å². The standard InChI is InChI=1S/C16H18N2O/c1-3-19-18(13-15-9-11-17-12-10-15)14(2)16-7-5-4-6-8-16/h3-12,14H,1,13H2,2H3. The number of benzene rings is 1. The lowest BCUT2D eigenvalue weighted by molar-refractivity contribution is -0.142. The molecule has 0 aliphatic carbocycles. The summed E-state index contributed by atoms with van der Waals surface area (Å²) in [6.07, 6.45) is 5.03. The maximum absolute atomic E-state index is 5.54. The number of rotatable bonds is 6. The fourth-order valence-electron chi connectivity index (χ4n) is 1.93. The number of hydrogen-bond donors (Lipinski definition) is 0. The summed E-state index contributed by atoms with van der Waals surface area (Å²) < 4.78 is 0. The predicted octanol–water partition coefficient (Wildman–Crippen LogP) is 3.72. The normalized spacial score (nSPS) is 12.1. The second-order valence-corrected chi connectivity index (χ2v) is 4.29. The fraction of sp³-hybridized carbons (Fsp3) is 0.188. The third-order valence-corrected chi connectivity index (χ3v) is 3.01. The topological polar surface area (TPSA) is 25.4 Å². The largest absolute Gasteiger partial charge is 0.414 e. The molecule has 3 nitrogen and oxygen atoms in total. The third kappa shape index (κ3) is 3.66. The monoisotopic (exact) mass is 254 g/mol. The number of hydrogen-bond acceptors (Lipinski definition) is 3. The number of nitrogens with zero attached hydrogens (tertiary/aromatic N) is 2. The van der Waals surface area contributed by atoms with Crippen molar-refractivity contribution in [1.82, 2.24) is 10.0 Å². The van der Waals surface area contributed by atoms with Gasteiger partial charge in [-0.2, -0.15) is 0 Å². The first-order valence-corrected chi connectivity index (χ1v) is 6.29. The molecule has 0 spiro atoms. The molecular formula is C16H18N2O. The van der Waals surface area contributed by atoms with Crippen LogP contribution in [0.3, 0.4) is 0 Å². The molecule has 0 radical (unpaired) electrons. The maximum atomic E-state index is 5.54. The Bertz CT molecular complexity index is 499. The van der Waals surface area contributed by atoms with E-state index in [2.05, 4.69) is 30.6 Å². The average Bonchev–Trinajstić information content (AvgIpc) is 2.48. The van der Waals surface area contributed by atoms with Crippen LogP contribution in [0.25, 0.3) is 0 Å². The highest BCUT2D eigenvalue weighted by atomic mass is 16.7. The molecule has 0 aliphatic rings. The summed E-state index contributed by atoms with van der Waals surface area (Å²) in [5.74, 6) is 0. The van der Waals surface area contributed by atoms with E-state index in [-0.39, 0.29) is 6.04 Å². The van der Waals surface area contributed by atoms with Gasteiger partial charge in [-0.25, -0.2) is 0 Å². The van der Waals surface area contributed by atoms with E-state index in [0.717, 1.165) is 5.56 Å². The molecule has 0 fully saturated rings. The first kappa shape index (κ1) is 13.3. The lowest BCUT2D eigenvalue weighted by Gasteiger charge is -2.27. The van der Waals surface area contributed by atoms with E-state index in [0.29, 0.717) is 6.54 Å². The van der Waals surface area contributed by atoms with E-state index in [1.165, 1.54) is 11.8 Å². The smallest absolute Gasteiger partial charge is 0.104 e. The molecule has 0 bridgehead atoms. The third-order valence-electron chi connectivity index (χ3n) is 3.01. The van der Waals surface area contributed by atoms with Crippen LogP contribution in [0.1, 0.15) is 24.1 Å². The van der Waals surface area contributed by atoms with Crippen molar-refractivity contribution in [2.45, 2.75) is 19.5 Å². The Morgan fingerprint density at radius 3 is 2.53 bits per heavy atom. The second kappa shape index (κ2) is 6.71. The molecule has 19 heavy (non-hydrogen) atoms. The van der Waals surface area contributed by atoms with E-state index in [9.17, 15) is 0 Å². The molecule has 0 saturated carbocycles. The molecule has 1 atom stereocenters. The molecule has 0 amide bonds. The van der Waals surface area contributed by atoms with Crippen LogP contribution in [0.5, 0.6) is 0 Å². The summed E-state index contributed by atoms with van der Waals surface area (Å²) in [5, 5.41) is 1.90. The molecular weight excluding hydrogens is 236 g/mol. The minimum Gasteiger partial charge on any atom is -0.414 e. The van der Waals surface area contributed by atoms with E-state index in [1.807, 2.05) is 35.4 Å². The lowest BCUT2D eigenvalue weighted by atomic mass is 10.1. The Labute approximate surface area is 114 Å². The zero-order valence-electron chi connectivity index (χ0n) is 11.1. The maximum Gasteiger partial charge on any atom is 0.104 e. The van der Waals surface area contributed by atoms with Crippen LogP contribution in [-0.2, 0) is 11.4 Å². The summed E-state index contributed by atoms with van der Waals surface area (Å²) in [7, 11) is 0. The van der Waals surface area contributed by atoms with Crippen LogP contribution in [-0.4, -0.2) is 10.0 Å². The van der Waals surface area contributed by atoms with Gasteiger partial charge in [-0.3, -0.25) is 4.98 Å². The average molecular weight is 254 g/mol. The first-order valence-electron chi connectivity index (χ1n) is 6.29. The molecule has 2 rings (SSSR count). The quantitative estimate of drug-likeness (QED) is 0.580. The number of pyridine rings is 1. The van der Waals surface area contributed by atoms with Crippen molar-refractivity contribution in [2.75, 3.05) is 0 Å². The van der Waals surface area contributed by atoms with Gasteiger partial charge in [-0.1, -0.05) is 36.9 Å². The van der Waals surface area contributed by atoms with Crippen molar-refractivity contribution in [3.63, 3.8) is 0 Å². The van der Waals surface area contributed by atoms with Crippen molar-refractivity contribution in [3.05, 3.63) is 78.8 Å². The molecule has 1 aromatic heterocycles. The summed E-state index contributed by atoms with van der Waals surface area (Å²) in [5.41, 5.74) is 2.36. The molecule has 1 heterocycles.